The van der Waals surface area contributed by atoms with Gasteiger partial charge in [0.1, 0.15) is 0 Å². The largest absolute Gasteiger partial charge is 0.339 e. The minimum absolute atomic E-state index is 0.0114. The van der Waals surface area contributed by atoms with Gasteiger partial charge in [0.2, 0.25) is 5.91 Å². The summed E-state index contributed by atoms with van der Waals surface area (Å²) >= 11 is 6.95. The molecular weight excluding hydrogens is 314 g/mol. The van der Waals surface area contributed by atoms with E-state index < -0.39 is 4.92 Å². The van der Waals surface area contributed by atoms with Gasteiger partial charge < -0.3 is 9.80 Å². The predicted octanol–water partition coefficient (Wildman–Crippen LogP) is 2.11. The number of nitrogens with zero attached hydrogens (tertiary/aromatic N) is 3. The van der Waals surface area contributed by atoms with Crippen LogP contribution in [0.4, 0.5) is 5.69 Å². The number of amides is 1. The second-order valence-electron chi connectivity index (χ2n) is 4.84. The van der Waals surface area contributed by atoms with Crippen LogP contribution in [0.25, 0.3) is 0 Å². The Hall–Kier alpha value is -1.31. The number of benzene rings is 1. The maximum absolute atomic E-state index is 12.1. The Labute approximate surface area is 132 Å². The van der Waals surface area contributed by atoms with Crippen molar-refractivity contribution in [3.8, 4) is 0 Å². The van der Waals surface area contributed by atoms with E-state index in [4.69, 9.17) is 11.6 Å². The lowest BCUT2D eigenvalue weighted by atomic mass is 10.3. The molecule has 0 aliphatic carbocycles. The summed E-state index contributed by atoms with van der Waals surface area (Å²) in [5, 5.41) is 11.3. The molecule has 0 aromatic heterocycles. The van der Waals surface area contributed by atoms with Gasteiger partial charge in [-0.05, 0) is 19.2 Å². The first kappa shape index (κ1) is 16.1. The lowest BCUT2D eigenvalue weighted by Crippen LogP contribution is -2.47. The molecule has 0 saturated carbocycles. The minimum Gasteiger partial charge on any atom is -0.339 e. The van der Waals surface area contributed by atoms with Crippen molar-refractivity contribution in [1.29, 1.82) is 0 Å². The fourth-order valence-corrected chi connectivity index (χ4v) is 3.12. The number of nitro benzene ring substituents is 1. The maximum Gasteiger partial charge on any atom is 0.284 e. The van der Waals surface area contributed by atoms with Crippen LogP contribution in [0.1, 0.15) is 0 Å². The summed E-state index contributed by atoms with van der Waals surface area (Å²) in [5.74, 6) is 0.212. The Morgan fingerprint density at radius 2 is 2.05 bits per heavy atom. The molecule has 2 rings (SSSR count). The first-order valence-electron chi connectivity index (χ1n) is 6.50. The van der Waals surface area contributed by atoms with Gasteiger partial charge in [0.25, 0.3) is 5.69 Å². The van der Waals surface area contributed by atoms with Gasteiger partial charge in [-0.3, -0.25) is 14.9 Å². The average molecular weight is 330 g/mol. The van der Waals surface area contributed by atoms with E-state index in [1.54, 1.807) is 17.0 Å². The summed E-state index contributed by atoms with van der Waals surface area (Å²) in [4.78, 5) is 27.1. The van der Waals surface area contributed by atoms with Gasteiger partial charge in [-0.25, -0.2) is 0 Å². The molecule has 1 aliphatic rings. The highest BCUT2D eigenvalue weighted by Crippen LogP contribution is 2.31. The third kappa shape index (κ3) is 4.33. The van der Waals surface area contributed by atoms with Crippen LogP contribution in [0.2, 0.25) is 5.02 Å². The lowest BCUT2D eigenvalue weighted by molar-refractivity contribution is -0.387. The molecule has 1 aromatic carbocycles. The van der Waals surface area contributed by atoms with Crippen LogP contribution in [0.5, 0.6) is 0 Å². The SMILES string of the molecule is CN1CCN(C(=O)CSc2ccc(Cl)cc2[N+](=O)[O-])CC1. The van der Waals surface area contributed by atoms with Crippen molar-refractivity contribution in [3.05, 3.63) is 33.3 Å². The van der Waals surface area contributed by atoms with Gasteiger partial charge in [0.15, 0.2) is 0 Å². The summed E-state index contributed by atoms with van der Waals surface area (Å²) in [6.07, 6.45) is 0. The van der Waals surface area contributed by atoms with Crippen molar-refractivity contribution in [2.45, 2.75) is 4.90 Å². The van der Waals surface area contributed by atoms with Crippen molar-refractivity contribution >= 4 is 35.0 Å². The van der Waals surface area contributed by atoms with Gasteiger partial charge in [-0.1, -0.05) is 11.6 Å². The first-order chi connectivity index (χ1) is 9.97. The molecule has 0 radical (unpaired) electrons. The molecule has 21 heavy (non-hydrogen) atoms. The quantitative estimate of drug-likeness (QED) is 0.481. The van der Waals surface area contributed by atoms with E-state index in [2.05, 4.69) is 4.90 Å². The summed E-state index contributed by atoms with van der Waals surface area (Å²) in [5.41, 5.74) is -0.0568. The molecule has 114 valence electrons. The molecule has 0 spiro atoms. The lowest BCUT2D eigenvalue weighted by Gasteiger charge is -2.32. The summed E-state index contributed by atoms with van der Waals surface area (Å²) in [6.45, 7) is 3.13. The highest BCUT2D eigenvalue weighted by molar-refractivity contribution is 8.00. The Morgan fingerprint density at radius 3 is 2.67 bits per heavy atom. The van der Waals surface area contributed by atoms with E-state index >= 15 is 0 Å². The number of thioether (sulfide) groups is 1. The molecule has 6 nitrogen and oxygen atoms in total. The molecule has 1 amide bonds. The molecule has 1 aliphatic heterocycles. The van der Waals surface area contributed by atoms with E-state index in [0.717, 1.165) is 13.1 Å². The van der Waals surface area contributed by atoms with Crippen LogP contribution in [0, 0.1) is 10.1 Å². The van der Waals surface area contributed by atoms with Gasteiger partial charge in [-0.2, -0.15) is 0 Å². The van der Waals surface area contributed by atoms with Gasteiger partial charge in [0, 0.05) is 37.3 Å². The number of rotatable bonds is 4. The molecule has 0 atom stereocenters. The fraction of sp³-hybridized carbons (Fsp3) is 0.462. The van der Waals surface area contributed by atoms with Crippen LogP contribution >= 0.6 is 23.4 Å². The van der Waals surface area contributed by atoms with Crippen molar-refractivity contribution in [2.75, 3.05) is 39.0 Å². The van der Waals surface area contributed by atoms with Crippen LogP contribution in [-0.2, 0) is 4.79 Å². The zero-order valence-electron chi connectivity index (χ0n) is 11.6. The molecular formula is C13H16ClN3O3S. The number of hydrogen-bond donors (Lipinski definition) is 0. The zero-order valence-corrected chi connectivity index (χ0v) is 13.2. The topological polar surface area (TPSA) is 66.7 Å². The Morgan fingerprint density at radius 1 is 1.38 bits per heavy atom. The molecule has 1 saturated heterocycles. The van der Waals surface area contributed by atoms with Gasteiger partial charge in [0.05, 0.1) is 15.6 Å². The Balaban J connectivity index is 1.96. The van der Waals surface area contributed by atoms with Crippen molar-refractivity contribution < 1.29 is 9.72 Å². The monoisotopic (exact) mass is 329 g/mol. The number of piperazine rings is 1. The van der Waals surface area contributed by atoms with E-state index in [-0.39, 0.29) is 17.3 Å². The van der Waals surface area contributed by atoms with E-state index in [0.29, 0.717) is 23.0 Å². The number of carbonyl (C=O) groups is 1. The average Bonchev–Trinajstić information content (AvgIpc) is 2.46. The van der Waals surface area contributed by atoms with Gasteiger partial charge >= 0.3 is 0 Å². The smallest absolute Gasteiger partial charge is 0.284 e. The normalized spacial score (nSPS) is 16.0. The highest BCUT2D eigenvalue weighted by atomic mass is 35.5. The highest BCUT2D eigenvalue weighted by Gasteiger charge is 2.21. The zero-order chi connectivity index (χ0) is 15.4. The number of nitro groups is 1. The summed E-state index contributed by atoms with van der Waals surface area (Å²) in [7, 11) is 2.02. The van der Waals surface area contributed by atoms with E-state index in [1.807, 2.05) is 7.05 Å². The second kappa shape index (κ2) is 7.11. The molecule has 1 heterocycles. The van der Waals surface area contributed by atoms with Crippen LogP contribution in [-0.4, -0.2) is 59.6 Å². The molecule has 0 N–H and O–H groups in total. The molecule has 0 bridgehead atoms. The number of hydrogen-bond acceptors (Lipinski definition) is 5. The van der Waals surface area contributed by atoms with Crippen LogP contribution < -0.4 is 0 Å². The van der Waals surface area contributed by atoms with Crippen molar-refractivity contribution in [3.63, 3.8) is 0 Å². The number of carbonyl (C=O) groups excluding carboxylic acids is 1. The standard InChI is InChI=1S/C13H16ClN3O3S/c1-15-4-6-16(7-5-15)13(18)9-21-12-3-2-10(14)8-11(12)17(19)20/h2-3,8H,4-7,9H2,1H3. The van der Waals surface area contributed by atoms with E-state index in [9.17, 15) is 14.9 Å². The van der Waals surface area contributed by atoms with Crippen molar-refractivity contribution in [1.82, 2.24) is 9.80 Å². The maximum atomic E-state index is 12.1. The molecule has 1 aromatic rings. The van der Waals surface area contributed by atoms with Crippen LogP contribution in [0.3, 0.4) is 0 Å². The minimum atomic E-state index is -0.478. The third-order valence-corrected chi connectivity index (χ3v) is 4.61. The van der Waals surface area contributed by atoms with Crippen LogP contribution in [0.15, 0.2) is 23.1 Å². The Kier molecular flexibility index (Phi) is 5.44. The molecule has 1 fully saturated rings. The third-order valence-electron chi connectivity index (χ3n) is 3.32. The van der Waals surface area contributed by atoms with E-state index in [1.165, 1.54) is 17.8 Å². The fourth-order valence-electron chi connectivity index (χ4n) is 2.04. The van der Waals surface area contributed by atoms with Crippen molar-refractivity contribution in [2.24, 2.45) is 0 Å². The number of likely N-dealkylation sites (N-methyl/N-ethyl adjacent to an activating group) is 1. The molecule has 8 heteroatoms. The Bertz CT molecular complexity index is 547. The summed E-state index contributed by atoms with van der Waals surface area (Å²) < 4.78 is 0. The molecule has 0 unspecified atom stereocenters. The number of halogens is 1. The predicted molar refractivity (Wildman–Crippen MR) is 82.9 cm³/mol. The summed E-state index contributed by atoms with van der Waals surface area (Å²) in [6, 6.07) is 4.49. The first-order valence-corrected chi connectivity index (χ1v) is 7.87. The van der Waals surface area contributed by atoms with Gasteiger partial charge in [-0.15, -0.1) is 11.8 Å². The second-order valence-corrected chi connectivity index (χ2v) is 6.30.